The first-order valence-corrected chi connectivity index (χ1v) is 10.8. The summed E-state index contributed by atoms with van der Waals surface area (Å²) in [6.45, 7) is 0.730. The molecule has 0 radical (unpaired) electrons. The minimum absolute atomic E-state index is 0.0871. The standard InChI is InChI=1S/C22H19Cl2F3N4O3/c1-13(32)29-19-11-14(3-5-28-19)15-8-16(10-17(24)9-15)18-12-30(20(33)2-4-23)6-7-31(18)21(34)22(25,26)27/h2-5,8-11,18H,6-7,12H2,1H3,(H,28,29,32)/b4-2-/t18-/m0/s1. The van der Waals surface area contributed by atoms with Crippen molar-refractivity contribution in [3.8, 4) is 11.1 Å². The fraction of sp³-hybridized carbons (Fsp3) is 0.273. The molecule has 3 rings (SSSR count). The summed E-state index contributed by atoms with van der Waals surface area (Å²) in [5, 5.41) is 2.77. The van der Waals surface area contributed by atoms with Gasteiger partial charge < -0.3 is 15.1 Å². The third-order valence-corrected chi connectivity index (χ3v) is 5.45. The molecule has 34 heavy (non-hydrogen) atoms. The van der Waals surface area contributed by atoms with Crippen LogP contribution >= 0.6 is 23.2 Å². The Morgan fingerprint density at radius 2 is 1.88 bits per heavy atom. The summed E-state index contributed by atoms with van der Waals surface area (Å²) in [4.78, 5) is 41.9. The highest BCUT2D eigenvalue weighted by Crippen LogP contribution is 2.35. The Balaban J connectivity index is 2.04. The zero-order valence-electron chi connectivity index (χ0n) is 17.8. The van der Waals surface area contributed by atoms with Gasteiger partial charge in [0.1, 0.15) is 5.82 Å². The summed E-state index contributed by atoms with van der Waals surface area (Å²) in [5.41, 5.74) is 2.44. The van der Waals surface area contributed by atoms with Gasteiger partial charge in [-0.1, -0.05) is 23.2 Å². The molecule has 1 aliphatic rings. The highest BCUT2D eigenvalue weighted by Gasteiger charge is 2.46. The third-order valence-electron chi connectivity index (χ3n) is 5.10. The van der Waals surface area contributed by atoms with Crippen molar-refractivity contribution in [2.45, 2.75) is 19.1 Å². The number of benzene rings is 1. The maximum Gasteiger partial charge on any atom is 0.471 e. The molecule has 0 bridgehead atoms. The molecule has 180 valence electrons. The lowest BCUT2D eigenvalue weighted by molar-refractivity contribution is -0.190. The van der Waals surface area contributed by atoms with E-state index in [1.165, 1.54) is 24.1 Å². The molecule has 1 aliphatic heterocycles. The summed E-state index contributed by atoms with van der Waals surface area (Å²) >= 11 is 11.8. The van der Waals surface area contributed by atoms with Gasteiger partial charge in [-0.25, -0.2) is 4.98 Å². The molecule has 0 aliphatic carbocycles. The zero-order valence-corrected chi connectivity index (χ0v) is 19.3. The first-order valence-electron chi connectivity index (χ1n) is 9.97. The Bertz CT molecular complexity index is 1140. The summed E-state index contributed by atoms with van der Waals surface area (Å²) in [5.74, 6) is -2.54. The van der Waals surface area contributed by atoms with E-state index in [4.69, 9.17) is 23.2 Å². The molecule has 2 aromatic rings. The maximum absolute atomic E-state index is 13.3. The first kappa shape index (κ1) is 25.5. The number of amides is 3. The van der Waals surface area contributed by atoms with E-state index in [-0.39, 0.29) is 36.4 Å². The van der Waals surface area contributed by atoms with Gasteiger partial charge >= 0.3 is 12.1 Å². The molecule has 7 nitrogen and oxygen atoms in total. The molecule has 0 spiro atoms. The lowest BCUT2D eigenvalue weighted by Crippen LogP contribution is -2.55. The van der Waals surface area contributed by atoms with Gasteiger partial charge in [0.15, 0.2) is 0 Å². The van der Waals surface area contributed by atoms with Crippen molar-refractivity contribution < 1.29 is 27.6 Å². The number of alkyl halides is 3. The quantitative estimate of drug-likeness (QED) is 0.613. The number of hydrogen-bond acceptors (Lipinski definition) is 4. The second-order valence-electron chi connectivity index (χ2n) is 7.47. The molecule has 1 aromatic heterocycles. The largest absolute Gasteiger partial charge is 0.471 e. The lowest BCUT2D eigenvalue weighted by Gasteiger charge is -2.41. The van der Waals surface area contributed by atoms with Crippen LogP contribution in [0.3, 0.4) is 0 Å². The number of aromatic nitrogens is 1. The summed E-state index contributed by atoms with van der Waals surface area (Å²) < 4.78 is 39.9. The van der Waals surface area contributed by atoms with E-state index in [1.807, 2.05) is 0 Å². The summed E-state index contributed by atoms with van der Waals surface area (Å²) in [7, 11) is 0. The molecule has 12 heteroatoms. The molecule has 2 heterocycles. The normalized spacial score (nSPS) is 16.6. The number of carbonyl (C=O) groups excluding carboxylic acids is 3. The lowest BCUT2D eigenvalue weighted by atomic mass is 9.97. The number of halogens is 5. The van der Waals surface area contributed by atoms with Crippen LogP contribution in [-0.2, 0) is 14.4 Å². The number of hydrogen-bond donors (Lipinski definition) is 1. The van der Waals surface area contributed by atoms with Crippen LogP contribution in [0.1, 0.15) is 18.5 Å². The van der Waals surface area contributed by atoms with E-state index in [9.17, 15) is 27.6 Å². The van der Waals surface area contributed by atoms with Crippen LogP contribution in [0.15, 0.2) is 48.1 Å². The van der Waals surface area contributed by atoms with Crippen LogP contribution in [0, 0.1) is 0 Å². The molecule has 0 saturated carbocycles. The molecule has 1 fully saturated rings. The molecule has 0 unspecified atom stereocenters. The Hall–Kier alpha value is -3.11. The summed E-state index contributed by atoms with van der Waals surface area (Å²) in [6, 6.07) is 6.75. The fourth-order valence-electron chi connectivity index (χ4n) is 3.66. The second kappa shape index (κ2) is 10.4. The molecular weight excluding hydrogens is 496 g/mol. The van der Waals surface area contributed by atoms with E-state index >= 15 is 0 Å². The number of nitrogens with zero attached hydrogens (tertiary/aromatic N) is 3. The molecule has 1 aromatic carbocycles. The smallest absolute Gasteiger partial charge is 0.335 e. The number of pyridine rings is 1. The van der Waals surface area contributed by atoms with Gasteiger partial charge in [-0.3, -0.25) is 14.4 Å². The minimum Gasteiger partial charge on any atom is -0.335 e. The van der Waals surface area contributed by atoms with E-state index in [0.717, 1.165) is 11.6 Å². The molecule has 1 saturated heterocycles. The fourth-order valence-corrected chi connectivity index (χ4v) is 4.02. The van der Waals surface area contributed by atoms with Crippen molar-refractivity contribution in [2.75, 3.05) is 25.0 Å². The topological polar surface area (TPSA) is 82.6 Å². The van der Waals surface area contributed by atoms with Crippen LogP contribution in [0.2, 0.25) is 5.02 Å². The van der Waals surface area contributed by atoms with Gasteiger partial charge in [0, 0.05) is 49.4 Å². The Morgan fingerprint density at radius 3 is 2.53 bits per heavy atom. The van der Waals surface area contributed by atoms with Gasteiger partial charge in [-0.2, -0.15) is 13.2 Å². The number of carbonyl (C=O) groups is 3. The van der Waals surface area contributed by atoms with Gasteiger partial charge in [0.05, 0.1) is 6.04 Å². The van der Waals surface area contributed by atoms with Crippen molar-refractivity contribution >= 4 is 46.7 Å². The predicted molar refractivity (Wildman–Crippen MR) is 121 cm³/mol. The van der Waals surface area contributed by atoms with Crippen LogP contribution in [-0.4, -0.2) is 58.3 Å². The Labute approximate surface area is 203 Å². The number of anilines is 1. The van der Waals surface area contributed by atoms with E-state index in [0.29, 0.717) is 21.6 Å². The summed E-state index contributed by atoms with van der Waals surface area (Å²) in [6.07, 6.45) is -2.54. The number of piperazine rings is 1. The van der Waals surface area contributed by atoms with Crippen molar-refractivity contribution in [2.24, 2.45) is 0 Å². The average Bonchev–Trinajstić information content (AvgIpc) is 2.77. The Morgan fingerprint density at radius 1 is 1.15 bits per heavy atom. The second-order valence-corrected chi connectivity index (χ2v) is 8.16. The van der Waals surface area contributed by atoms with E-state index < -0.39 is 24.0 Å². The highest BCUT2D eigenvalue weighted by atomic mass is 35.5. The SMILES string of the molecule is CC(=O)Nc1cc(-c2cc(Cl)cc([C@@H]3CN(C(=O)/C=C\Cl)CCN3C(=O)C(F)(F)F)c2)ccn1. The van der Waals surface area contributed by atoms with Crippen LogP contribution in [0.4, 0.5) is 19.0 Å². The van der Waals surface area contributed by atoms with Crippen molar-refractivity contribution in [1.82, 2.24) is 14.8 Å². The minimum atomic E-state index is -5.08. The Kier molecular flexibility index (Phi) is 7.83. The third kappa shape index (κ3) is 6.06. The van der Waals surface area contributed by atoms with Crippen molar-refractivity contribution in [3.63, 3.8) is 0 Å². The van der Waals surface area contributed by atoms with Gasteiger partial charge in [-0.15, -0.1) is 0 Å². The molecule has 1 N–H and O–H groups in total. The average molecular weight is 515 g/mol. The van der Waals surface area contributed by atoms with Crippen molar-refractivity contribution in [3.05, 3.63) is 58.7 Å². The van der Waals surface area contributed by atoms with Crippen molar-refractivity contribution in [1.29, 1.82) is 0 Å². The first-order chi connectivity index (χ1) is 16.0. The zero-order chi connectivity index (χ0) is 25.0. The molecule has 3 amide bonds. The van der Waals surface area contributed by atoms with E-state index in [1.54, 1.807) is 24.3 Å². The number of rotatable bonds is 4. The van der Waals surface area contributed by atoms with E-state index in [2.05, 4.69) is 10.3 Å². The highest BCUT2D eigenvalue weighted by molar-refractivity contribution is 6.31. The van der Waals surface area contributed by atoms with Gasteiger partial charge in [0.25, 0.3) is 0 Å². The van der Waals surface area contributed by atoms with Gasteiger partial charge in [-0.05, 0) is 47.0 Å². The van der Waals surface area contributed by atoms with Crippen LogP contribution < -0.4 is 5.32 Å². The van der Waals surface area contributed by atoms with Gasteiger partial charge in [0.2, 0.25) is 11.8 Å². The molecule has 1 atom stereocenters. The molecular formula is C22H19Cl2F3N4O3. The number of nitrogens with one attached hydrogen (secondary N) is 1. The van der Waals surface area contributed by atoms with Crippen LogP contribution in [0.5, 0.6) is 0 Å². The monoisotopic (exact) mass is 514 g/mol. The van der Waals surface area contributed by atoms with Crippen LogP contribution in [0.25, 0.3) is 11.1 Å². The predicted octanol–water partition coefficient (Wildman–Crippen LogP) is 4.39. The maximum atomic E-state index is 13.3.